The molecule has 1 saturated heterocycles. The molecular weight excluding hydrogens is 602 g/mol. The van der Waals surface area contributed by atoms with E-state index in [0.29, 0.717) is 30.2 Å². The van der Waals surface area contributed by atoms with E-state index in [-0.39, 0.29) is 17.0 Å². The van der Waals surface area contributed by atoms with E-state index in [2.05, 4.69) is 55.0 Å². The molecule has 2 aromatic carbocycles. The summed E-state index contributed by atoms with van der Waals surface area (Å²) in [6.45, 7) is 5.24. The molecule has 0 unspecified atom stereocenters. The molecule has 232 valence electrons. The Labute approximate surface area is 262 Å². The minimum absolute atomic E-state index is 0.0238. The third-order valence-corrected chi connectivity index (χ3v) is 7.51. The first-order valence-electron chi connectivity index (χ1n) is 14.3. The number of nitrogens with one attached hydrogen (secondary N) is 1. The van der Waals surface area contributed by atoms with Crippen molar-refractivity contribution < 1.29 is 23.8 Å². The Hall–Kier alpha value is -4.95. The summed E-state index contributed by atoms with van der Waals surface area (Å²) >= 11 is 6.25. The molecule has 1 fully saturated rings. The first kappa shape index (κ1) is 30.1. The second-order valence-electron chi connectivity index (χ2n) is 10.3. The van der Waals surface area contributed by atoms with Gasteiger partial charge in [0.15, 0.2) is 30.2 Å². The fourth-order valence-electron chi connectivity index (χ4n) is 5.42. The molecule has 1 aliphatic rings. The highest BCUT2D eigenvalue weighted by molar-refractivity contribution is 6.28. The molecule has 0 saturated carbocycles. The predicted octanol–water partition coefficient (Wildman–Crippen LogP) is 3.86. The highest BCUT2D eigenvalue weighted by Gasteiger charge is 2.53. The second kappa shape index (κ2) is 13.0. The first-order chi connectivity index (χ1) is 21.8. The van der Waals surface area contributed by atoms with Gasteiger partial charge in [0.2, 0.25) is 17.1 Å². The molecule has 45 heavy (non-hydrogen) atoms. The molecule has 5 aromatic rings. The number of aryl methyl sites for hydroxylation is 1. The zero-order valence-corrected chi connectivity index (χ0v) is 25.4. The van der Waals surface area contributed by atoms with Crippen molar-refractivity contribution in [1.82, 2.24) is 39.7 Å². The van der Waals surface area contributed by atoms with Crippen LogP contribution in [-0.4, -0.2) is 70.4 Å². The van der Waals surface area contributed by atoms with Gasteiger partial charge in [0, 0.05) is 26.3 Å². The maximum Gasteiger partial charge on any atom is 0.303 e. The quantitative estimate of drug-likeness (QED) is 0.175. The summed E-state index contributed by atoms with van der Waals surface area (Å²) in [5, 5.41) is 16.0. The number of imidazole rings is 1. The number of nitrogens with zero attached hydrogens (tertiary/aromatic N) is 8. The second-order valence-corrected chi connectivity index (χ2v) is 10.7. The summed E-state index contributed by atoms with van der Waals surface area (Å²) in [6.07, 6.45) is -2.90. The lowest BCUT2D eigenvalue weighted by Gasteiger charge is -2.25. The molecule has 3 aromatic heterocycles. The van der Waals surface area contributed by atoms with Gasteiger partial charge in [-0.05, 0) is 34.9 Å². The molecule has 15 heteroatoms. The van der Waals surface area contributed by atoms with E-state index >= 15 is 0 Å². The van der Waals surface area contributed by atoms with Crippen LogP contribution < -0.4 is 5.32 Å². The minimum Gasteiger partial charge on any atom is -0.455 e. The number of fused-ring (bicyclic) bond motifs is 1. The average Bonchev–Trinajstić information content (AvgIpc) is 3.74. The van der Waals surface area contributed by atoms with Crippen LogP contribution in [0.1, 0.15) is 56.0 Å². The lowest BCUT2D eigenvalue weighted by Crippen LogP contribution is -2.37. The van der Waals surface area contributed by atoms with Gasteiger partial charge in [-0.15, -0.1) is 10.2 Å². The van der Waals surface area contributed by atoms with Crippen molar-refractivity contribution in [2.45, 2.75) is 57.8 Å². The highest BCUT2D eigenvalue weighted by atomic mass is 35.5. The standard InChI is InChI=1S/C30H30ClN9O5/c1-4-39-37-26(36-38-39)24-23(43-17(2)41)25(44-18(3)42)28(45-24)40-27-22(16-32-29(31)35-27)34-30(40)33-15-21(19-11-7-5-8-12-19)20-13-9-6-10-14-20/h5-14,16,21,23-25,28H,4,15H2,1-3H3,(H,33,34)/t23-,24+,25-,28-/m1/s1. The zero-order valence-electron chi connectivity index (χ0n) is 24.6. The van der Waals surface area contributed by atoms with Gasteiger partial charge in [0.1, 0.15) is 5.52 Å². The van der Waals surface area contributed by atoms with E-state index in [9.17, 15) is 9.59 Å². The third kappa shape index (κ3) is 6.33. The van der Waals surface area contributed by atoms with Crippen molar-refractivity contribution in [3.8, 4) is 0 Å². The number of hydrogen-bond donors (Lipinski definition) is 1. The molecule has 0 spiro atoms. The fraction of sp³-hybridized carbons (Fsp3) is 0.333. The lowest BCUT2D eigenvalue weighted by atomic mass is 9.91. The van der Waals surface area contributed by atoms with Crippen LogP contribution in [0.5, 0.6) is 0 Å². The van der Waals surface area contributed by atoms with E-state index in [4.69, 9.17) is 30.8 Å². The normalized spacial score (nSPS) is 19.6. The first-order valence-corrected chi connectivity index (χ1v) is 14.7. The number of halogens is 1. The van der Waals surface area contributed by atoms with Crippen LogP contribution in [0.2, 0.25) is 5.28 Å². The van der Waals surface area contributed by atoms with Crippen LogP contribution in [0.3, 0.4) is 0 Å². The summed E-state index contributed by atoms with van der Waals surface area (Å²) in [6, 6.07) is 20.2. The van der Waals surface area contributed by atoms with Crippen LogP contribution in [0.4, 0.5) is 5.95 Å². The smallest absolute Gasteiger partial charge is 0.303 e. The van der Waals surface area contributed by atoms with E-state index in [1.165, 1.54) is 24.8 Å². The van der Waals surface area contributed by atoms with Crippen molar-refractivity contribution in [3.63, 3.8) is 0 Å². The lowest BCUT2D eigenvalue weighted by molar-refractivity contribution is -0.165. The number of rotatable bonds is 10. The molecule has 4 heterocycles. The van der Waals surface area contributed by atoms with Crippen LogP contribution in [0.15, 0.2) is 66.9 Å². The van der Waals surface area contributed by atoms with Crippen molar-refractivity contribution >= 4 is 40.7 Å². The minimum atomic E-state index is -1.14. The number of ether oxygens (including phenoxy) is 3. The monoisotopic (exact) mass is 631 g/mol. The van der Waals surface area contributed by atoms with Gasteiger partial charge in [0.05, 0.1) is 12.7 Å². The predicted molar refractivity (Wildman–Crippen MR) is 161 cm³/mol. The van der Waals surface area contributed by atoms with Crippen molar-refractivity contribution in [1.29, 1.82) is 0 Å². The molecule has 1 aliphatic heterocycles. The van der Waals surface area contributed by atoms with Crippen LogP contribution in [0.25, 0.3) is 11.2 Å². The molecule has 14 nitrogen and oxygen atoms in total. The SMILES string of the molecule is CCn1nnc([C@H]2O[C@@H](n3c(NCC(c4ccccc4)c4ccccc4)nc4cnc(Cl)nc43)[C@H](OC(C)=O)[C@@H]2OC(C)=O)n1. The van der Waals surface area contributed by atoms with Crippen LogP contribution in [-0.2, 0) is 30.3 Å². The van der Waals surface area contributed by atoms with Gasteiger partial charge >= 0.3 is 11.9 Å². The summed E-state index contributed by atoms with van der Waals surface area (Å²) in [7, 11) is 0. The number of anilines is 1. The molecule has 0 bridgehead atoms. The summed E-state index contributed by atoms with van der Waals surface area (Å²) in [4.78, 5) is 39.4. The maximum atomic E-state index is 12.4. The molecular formula is C30H30ClN9O5. The number of hydrogen-bond acceptors (Lipinski definition) is 12. The topological polar surface area (TPSA) is 161 Å². The number of aromatic nitrogens is 8. The Bertz CT molecular complexity index is 1760. The fourth-order valence-corrected chi connectivity index (χ4v) is 5.55. The summed E-state index contributed by atoms with van der Waals surface area (Å²) in [5.74, 6) is -0.784. The molecule has 0 radical (unpaired) electrons. The number of esters is 2. The molecule has 0 amide bonds. The average molecular weight is 632 g/mol. The van der Waals surface area contributed by atoms with E-state index in [0.717, 1.165) is 11.1 Å². The summed E-state index contributed by atoms with van der Waals surface area (Å²) < 4.78 is 19.6. The summed E-state index contributed by atoms with van der Waals surface area (Å²) in [5.41, 5.74) is 2.90. The Kier molecular flexibility index (Phi) is 8.67. The maximum absolute atomic E-state index is 12.4. The van der Waals surface area contributed by atoms with Gasteiger partial charge in [-0.2, -0.15) is 9.78 Å². The number of carbonyl (C=O) groups excluding carboxylic acids is 2. The Morgan fingerprint density at radius 2 is 1.62 bits per heavy atom. The number of tetrazole rings is 1. The van der Waals surface area contributed by atoms with E-state index in [1.807, 2.05) is 43.3 Å². The molecule has 6 rings (SSSR count). The van der Waals surface area contributed by atoms with Crippen molar-refractivity contribution in [3.05, 3.63) is 89.1 Å². The van der Waals surface area contributed by atoms with E-state index in [1.54, 1.807) is 4.57 Å². The molecule has 0 aliphatic carbocycles. The largest absolute Gasteiger partial charge is 0.455 e. The van der Waals surface area contributed by atoms with Gasteiger partial charge < -0.3 is 19.5 Å². The van der Waals surface area contributed by atoms with Gasteiger partial charge in [0.25, 0.3) is 0 Å². The van der Waals surface area contributed by atoms with Crippen LogP contribution >= 0.6 is 11.6 Å². The Morgan fingerprint density at radius 3 is 2.22 bits per heavy atom. The highest BCUT2D eigenvalue weighted by Crippen LogP contribution is 2.43. The van der Waals surface area contributed by atoms with Gasteiger partial charge in [-0.1, -0.05) is 60.7 Å². The number of benzene rings is 2. The van der Waals surface area contributed by atoms with Gasteiger partial charge in [-0.25, -0.2) is 9.97 Å². The Balaban J connectivity index is 1.44. The molecule has 4 atom stereocenters. The van der Waals surface area contributed by atoms with Crippen molar-refractivity contribution in [2.24, 2.45) is 0 Å². The zero-order chi connectivity index (χ0) is 31.5. The Morgan fingerprint density at radius 1 is 0.978 bits per heavy atom. The van der Waals surface area contributed by atoms with Crippen LogP contribution in [0, 0.1) is 0 Å². The third-order valence-electron chi connectivity index (χ3n) is 7.33. The number of carbonyl (C=O) groups is 2. The van der Waals surface area contributed by atoms with Gasteiger partial charge in [-0.3, -0.25) is 14.2 Å². The molecule has 1 N–H and O–H groups in total. The van der Waals surface area contributed by atoms with E-state index < -0.39 is 36.5 Å². The van der Waals surface area contributed by atoms with Crippen molar-refractivity contribution in [2.75, 3.05) is 11.9 Å².